The first kappa shape index (κ1) is 20.0. The zero-order valence-electron chi connectivity index (χ0n) is 17.6. The predicted molar refractivity (Wildman–Crippen MR) is 112 cm³/mol. The zero-order chi connectivity index (χ0) is 21.3. The number of piperazine rings is 1. The van der Waals surface area contributed by atoms with Crippen LogP contribution in [-0.2, 0) is 0 Å². The van der Waals surface area contributed by atoms with Gasteiger partial charge in [-0.2, -0.15) is 15.5 Å². The second-order valence-electron chi connectivity index (χ2n) is 8.00. The Bertz CT molecular complexity index is 1100. The van der Waals surface area contributed by atoms with Crippen molar-refractivity contribution >= 4 is 11.6 Å². The van der Waals surface area contributed by atoms with Crippen molar-refractivity contribution in [2.24, 2.45) is 0 Å². The largest absolute Gasteiger partial charge is 0.335 e. The van der Waals surface area contributed by atoms with E-state index in [1.807, 2.05) is 24.1 Å². The maximum Gasteiger partial charge on any atom is 0.274 e. The van der Waals surface area contributed by atoms with Crippen LogP contribution in [0.2, 0.25) is 0 Å². The average molecular weight is 406 g/mol. The lowest BCUT2D eigenvalue weighted by atomic mass is 9.96. The molecule has 1 fully saturated rings. The Kier molecular flexibility index (Phi) is 5.50. The van der Waals surface area contributed by atoms with Crippen LogP contribution in [0.5, 0.6) is 0 Å². The zero-order valence-corrected chi connectivity index (χ0v) is 17.6. The molecule has 1 amide bonds. The highest BCUT2D eigenvalue weighted by atomic mass is 16.2. The maximum absolute atomic E-state index is 13.3. The topological polar surface area (TPSA) is 106 Å². The van der Waals surface area contributed by atoms with Crippen molar-refractivity contribution in [2.45, 2.75) is 33.1 Å². The summed E-state index contributed by atoms with van der Waals surface area (Å²) in [5, 5.41) is 20.6. The second-order valence-corrected chi connectivity index (χ2v) is 8.00. The summed E-state index contributed by atoms with van der Waals surface area (Å²) in [6.45, 7) is 9.76. The van der Waals surface area contributed by atoms with E-state index >= 15 is 0 Å². The minimum absolute atomic E-state index is 0.0420. The van der Waals surface area contributed by atoms with Crippen molar-refractivity contribution < 1.29 is 4.79 Å². The first-order chi connectivity index (χ1) is 14.5. The molecule has 156 valence electrons. The van der Waals surface area contributed by atoms with E-state index in [0.717, 1.165) is 47.7 Å². The Hall–Kier alpha value is -3.25. The third-order valence-corrected chi connectivity index (χ3v) is 5.63. The van der Waals surface area contributed by atoms with Gasteiger partial charge in [0.2, 0.25) is 0 Å². The molecular weight excluding hydrogens is 380 g/mol. The lowest BCUT2D eigenvalue weighted by Gasteiger charge is -2.34. The number of nitrogens with zero attached hydrogens (tertiary/aromatic N) is 7. The highest BCUT2D eigenvalue weighted by Gasteiger charge is 2.29. The number of amides is 1. The van der Waals surface area contributed by atoms with Crippen LogP contribution in [0, 0.1) is 18.3 Å². The number of rotatable bonds is 5. The molecule has 1 aliphatic rings. The number of aromatic nitrogens is 5. The number of nitrogens with one attached hydrogen (secondary N) is 1. The summed E-state index contributed by atoms with van der Waals surface area (Å²) in [5.74, 6) is 0.0843. The Morgan fingerprint density at radius 2 is 2.07 bits per heavy atom. The first-order valence-corrected chi connectivity index (χ1v) is 10.3. The highest BCUT2D eigenvalue weighted by Crippen LogP contribution is 2.31. The lowest BCUT2D eigenvalue weighted by Crippen LogP contribution is -2.49. The van der Waals surface area contributed by atoms with Crippen molar-refractivity contribution in [1.82, 2.24) is 34.6 Å². The molecule has 0 radical (unpaired) electrons. The summed E-state index contributed by atoms with van der Waals surface area (Å²) >= 11 is 0. The van der Waals surface area contributed by atoms with Gasteiger partial charge in [0.05, 0.1) is 11.8 Å². The Balaban J connectivity index is 1.61. The first-order valence-electron chi connectivity index (χ1n) is 10.3. The number of aromatic amines is 1. The van der Waals surface area contributed by atoms with Crippen LogP contribution in [0.1, 0.15) is 47.8 Å². The number of aryl methyl sites for hydroxylation is 1. The number of hydrogen-bond acceptors (Lipinski definition) is 6. The summed E-state index contributed by atoms with van der Waals surface area (Å²) in [7, 11) is 0. The van der Waals surface area contributed by atoms with Crippen LogP contribution in [0.3, 0.4) is 0 Å². The molecule has 0 spiro atoms. The fraction of sp³-hybridized carbons (Fsp3) is 0.476. The lowest BCUT2D eigenvalue weighted by molar-refractivity contribution is 0.0632. The van der Waals surface area contributed by atoms with E-state index in [9.17, 15) is 4.79 Å². The third-order valence-electron chi connectivity index (χ3n) is 5.63. The van der Waals surface area contributed by atoms with Crippen LogP contribution in [0.15, 0.2) is 18.6 Å². The number of carbonyl (C=O) groups is 1. The van der Waals surface area contributed by atoms with E-state index < -0.39 is 0 Å². The fourth-order valence-corrected chi connectivity index (χ4v) is 4.06. The number of fused-ring (bicyclic) bond motifs is 1. The summed E-state index contributed by atoms with van der Waals surface area (Å²) in [4.78, 5) is 21.6. The molecule has 9 nitrogen and oxygen atoms in total. The SMILES string of the molecule is Cc1cc(-c2[nH]nc(C(=O)N3CCN(CCC#N)CC3)c2C(C)C)cn2ncnc12. The van der Waals surface area contributed by atoms with Crippen molar-refractivity contribution in [1.29, 1.82) is 5.26 Å². The van der Waals surface area contributed by atoms with Gasteiger partial charge >= 0.3 is 0 Å². The predicted octanol–water partition coefficient (Wildman–Crippen LogP) is 2.22. The number of nitriles is 1. The van der Waals surface area contributed by atoms with Crippen molar-refractivity contribution in [2.75, 3.05) is 32.7 Å². The molecule has 1 aliphatic heterocycles. The van der Waals surface area contributed by atoms with Gasteiger partial charge in [-0.3, -0.25) is 14.8 Å². The fourth-order valence-electron chi connectivity index (χ4n) is 4.06. The van der Waals surface area contributed by atoms with Crippen LogP contribution >= 0.6 is 0 Å². The van der Waals surface area contributed by atoms with E-state index in [1.54, 1.807) is 4.52 Å². The monoisotopic (exact) mass is 406 g/mol. The summed E-state index contributed by atoms with van der Waals surface area (Å²) in [5.41, 5.74) is 5.02. The van der Waals surface area contributed by atoms with E-state index in [4.69, 9.17) is 5.26 Å². The van der Waals surface area contributed by atoms with Gasteiger partial charge in [-0.25, -0.2) is 9.50 Å². The number of pyridine rings is 1. The quantitative estimate of drug-likeness (QED) is 0.696. The highest BCUT2D eigenvalue weighted by molar-refractivity contribution is 5.96. The standard InChI is InChI=1S/C21H26N8O/c1-14(2)17-18(16-11-15(3)20-23-13-24-29(20)12-16)25-26-19(17)21(30)28-9-7-27(8-10-28)6-4-5-22/h11-14H,4,6-10H2,1-3H3,(H,25,26). The van der Waals surface area contributed by atoms with Gasteiger partial charge in [-0.1, -0.05) is 13.8 Å². The van der Waals surface area contributed by atoms with Gasteiger partial charge in [0.25, 0.3) is 5.91 Å². The molecule has 0 atom stereocenters. The molecule has 0 aliphatic carbocycles. The average Bonchev–Trinajstić information content (AvgIpc) is 3.39. The van der Waals surface area contributed by atoms with Crippen LogP contribution in [0.25, 0.3) is 16.9 Å². The van der Waals surface area contributed by atoms with E-state index in [0.29, 0.717) is 25.2 Å². The molecule has 1 saturated heterocycles. The number of H-pyrrole nitrogens is 1. The van der Waals surface area contributed by atoms with Gasteiger partial charge in [-0.05, 0) is 24.5 Å². The van der Waals surface area contributed by atoms with E-state index in [2.05, 4.69) is 45.1 Å². The molecule has 3 aromatic heterocycles. The molecule has 0 unspecified atom stereocenters. The summed E-state index contributed by atoms with van der Waals surface area (Å²) in [6, 6.07) is 4.23. The van der Waals surface area contributed by atoms with Gasteiger partial charge < -0.3 is 4.90 Å². The molecule has 0 saturated carbocycles. The van der Waals surface area contributed by atoms with Crippen molar-refractivity contribution in [3.63, 3.8) is 0 Å². The minimum atomic E-state index is -0.0420. The second kappa shape index (κ2) is 8.24. The normalized spacial score (nSPS) is 15.1. The van der Waals surface area contributed by atoms with Crippen LogP contribution < -0.4 is 0 Å². The summed E-state index contributed by atoms with van der Waals surface area (Å²) < 4.78 is 1.75. The van der Waals surface area contributed by atoms with Crippen LogP contribution in [0.4, 0.5) is 0 Å². The van der Waals surface area contributed by atoms with Crippen LogP contribution in [-0.4, -0.2) is 73.2 Å². The maximum atomic E-state index is 13.3. The van der Waals surface area contributed by atoms with E-state index in [1.165, 1.54) is 6.33 Å². The van der Waals surface area contributed by atoms with Gasteiger partial charge in [0, 0.05) is 56.5 Å². The van der Waals surface area contributed by atoms with Gasteiger partial charge in [0.1, 0.15) is 6.33 Å². The number of hydrogen-bond donors (Lipinski definition) is 1. The molecule has 9 heteroatoms. The van der Waals surface area contributed by atoms with Crippen molar-refractivity contribution in [3.05, 3.63) is 35.4 Å². The Morgan fingerprint density at radius 1 is 1.30 bits per heavy atom. The molecule has 3 aromatic rings. The molecule has 0 bridgehead atoms. The number of carbonyl (C=O) groups excluding carboxylic acids is 1. The molecule has 4 rings (SSSR count). The molecule has 4 heterocycles. The summed E-state index contributed by atoms with van der Waals surface area (Å²) in [6.07, 6.45) is 3.97. The molecule has 30 heavy (non-hydrogen) atoms. The Morgan fingerprint density at radius 3 is 2.77 bits per heavy atom. The molecule has 0 aromatic carbocycles. The van der Waals surface area contributed by atoms with E-state index in [-0.39, 0.29) is 11.8 Å². The molecule has 1 N–H and O–H groups in total. The van der Waals surface area contributed by atoms with Gasteiger partial charge in [-0.15, -0.1) is 0 Å². The van der Waals surface area contributed by atoms with Gasteiger partial charge in [0.15, 0.2) is 11.3 Å². The Labute approximate surface area is 175 Å². The molecular formula is C21H26N8O. The van der Waals surface area contributed by atoms with Crippen molar-refractivity contribution in [3.8, 4) is 17.3 Å². The smallest absolute Gasteiger partial charge is 0.274 e. The minimum Gasteiger partial charge on any atom is -0.335 e. The third kappa shape index (κ3) is 3.66.